The number of aromatic nitrogens is 3. The van der Waals surface area contributed by atoms with Crippen molar-refractivity contribution in [3.8, 4) is 11.3 Å². The summed E-state index contributed by atoms with van der Waals surface area (Å²) < 4.78 is 0. The lowest BCUT2D eigenvalue weighted by Gasteiger charge is -2.22. The van der Waals surface area contributed by atoms with Crippen LogP contribution in [0.1, 0.15) is 48.4 Å². The monoisotopic (exact) mass is 360 g/mol. The van der Waals surface area contributed by atoms with Gasteiger partial charge in [0.15, 0.2) is 0 Å². The fourth-order valence-corrected chi connectivity index (χ4v) is 3.72. The van der Waals surface area contributed by atoms with E-state index >= 15 is 0 Å². The van der Waals surface area contributed by atoms with Crippen LogP contribution in [0.4, 0.5) is 0 Å². The second-order valence-electron chi connectivity index (χ2n) is 7.31. The topological polar surface area (TPSA) is 59.0 Å². The summed E-state index contributed by atoms with van der Waals surface area (Å²) in [6, 6.07) is 8.25. The fraction of sp³-hybridized carbons (Fsp3) is 0.364. The van der Waals surface area contributed by atoms with Crippen molar-refractivity contribution >= 4 is 16.8 Å². The Morgan fingerprint density at radius 2 is 2.00 bits per heavy atom. The van der Waals surface area contributed by atoms with Crippen molar-refractivity contribution in [2.75, 3.05) is 6.54 Å². The molecule has 0 bridgehead atoms. The minimum Gasteiger partial charge on any atom is -0.336 e. The highest BCUT2D eigenvalue weighted by Crippen LogP contribution is 2.28. The maximum atomic E-state index is 13.3. The number of rotatable bonds is 3. The highest BCUT2D eigenvalue weighted by Gasteiger charge is 2.27. The van der Waals surface area contributed by atoms with E-state index in [-0.39, 0.29) is 11.9 Å². The molecule has 1 fully saturated rings. The number of nitrogens with zero attached hydrogens (tertiary/aromatic N) is 4. The summed E-state index contributed by atoms with van der Waals surface area (Å²) in [4.78, 5) is 28.9. The van der Waals surface area contributed by atoms with E-state index in [9.17, 15) is 4.79 Å². The first-order chi connectivity index (χ1) is 13.1. The van der Waals surface area contributed by atoms with Gasteiger partial charge in [-0.1, -0.05) is 19.1 Å². The number of hydrogen-bond donors (Lipinski definition) is 0. The van der Waals surface area contributed by atoms with E-state index < -0.39 is 0 Å². The molecule has 3 aromatic rings. The van der Waals surface area contributed by atoms with Crippen LogP contribution in [-0.2, 0) is 6.42 Å². The molecule has 5 nitrogen and oxygen atoms in total. The maximum Gasteiger partial charge on any atom is 0.254 e. The Morgan fingerprint density at radius 1 is 1.22 bits per heavy atom. The summed E-state index contributed by atoms with van der Waals surface area (Å²) in [6.07, 6.45) is 6.51. The van der Waals surface area contributed by atoms with Crippen LogP contribution in [-0.4, -0.2) is 38.3 Å². The van der Waals surface area contributed by atoms with Gasteiger partial charge in [-0.2, -0.15) is 0 Å². The van der Waals surface area contributed by atoms with Gasteiger partial charge in [0.1, 0.15) is 5.82 Å². The minimum absolute atomic E-state index is 0.0867. The number of likely N-dealkylation sites (tertiary alicyclic amines) is 1. The van der Waals surface area contributed by atoms with Crippen LogP contribution in [0.3, 0.4) is 0 Å². The largest absolute Gasteiger partial charge is 0.336 e. The quantitative estimate of drug-likeness (QED) is 0.703. The summed E-state index contributed by atoms with van der Waals surface area (Å²) in [5, 5.41) is 0.902. The average Bonchev–Trinajstić information content (AvgIpc) is 3.12. The number of pyridine rings is 1. The number of benzene rings is 1. The summed E-state index contributed by atoms with van der Waals surface area (Å²) in [7, 11) is 0. The molecule has 27 heavy (non-hydrogen) atoms. The Morgan fingerprint density at radius 3 is 2.67 bits per heavy atom. The second-order valence-corrected chi connectivity index (χ2v) is 7.31. The van der Waals surface area contributed by atoms with Crippen LogP contribution >= 0.6 is 0 Å². The molecule has 0 saturated carbocycles. The van der Waals surface area contributed by atoms with Gasteiger partial charge >= 0.3 is 0 Å². The zero-order valence-corrected chi connectivity index (χ0v) is 16.1. The zero-order valence-electron chi connectivity index (χ0n) is 16.1. The van der Waals surface area contributed by atoms with Crippen molar-refractivity contribution in [3.05, 3.63) is 53.6 Å². The molecule has 1 saturated heterocycles. The average molecular weight is 360 g/mol. The molecule has 1 aliphatic rings. The van der Waals surface area contributed by atoms with E-state index in [0.29, 0.717) is 5.56 Å². The Labute approximate surface area is 159 Å². The Bertz CT molecular complexity index is 997. The summed E-state index contributed by atoms with van der Waals surface area (Å²) >= 11 is 0. The first-order valence-electron chi connectivity index (χ1n) is 9.60. The summed E-state index contributed by atoms with van der Waals surface area (Å²) in [5.74, 6) is 0.890. The van der Waals surface area contributed by atoms with E-state index in [0.717, 1.165) is 59.4 Å². The Balaban J connectivity index is 1.86. The van der Waals surface area contributed by atoms with Crippen molar-refractivity contribution in [1.82, 2.24) is 19.9 Å². The predicted molar refractivity (Wildman–Crippen MR) is 107 cm³/mol. The van der Waals surface area contributed by atoms with E-state index in [1.807, 2.05) is 43.0 Å². The molecule has 0 spiro atoms. The molecule has 3 heterocycles. The van der Waals surface area contributed by atoms with Crippen LogP contribution in [0, 0.1) is 6.92 Å². The van der Waals surface area contributed by atoms with Gasteiger partial charge in [0.2, 0.25) is 0 Å². The lowest BCUT2D eigenvalue weighted by molar-refractivity contribution is 0.0749. The van der Waals surface area contributed by atoms with Gasteiger partial charge in [0, 0.05) is 42.4 Å². The number of carbonyl (C=O) groups is 1. The Hall–Kier alpha value is -2.82. The van der Waals surface area contributed by atoms with Gasteiger partial charge in [0.25, 0.3) is 5.91 Å². The van der Waals surface area contributed by atoms with Crippen molar-refractivity contribution in [1.29, 1.82) is 0 Å². The van der Waals surface area contributed by atoms with Gasteiger partial charge in [-0.15, -0.1) is 0 Å². The minimum atomic E-state index is 0.0867. The Kier molecular flexibility index (Phi) is 4.60. The molecule has 1 atom stereocenters. The number of hydrogen-bond acceptors (Lipinski definition) is 4. The molecule has 1 aliphatic heterocycles. The molecule has 2 aromatic heterocycles. The van der Waals surface area contributed by atoms with Gasteiger partial charge in [-0.3, -0.25) is 4.79 Å². The molecule has 1 unspecified atom stereocenters. The lowest BCUT2D eigenvalue weighted by atomic mass is 10.0. The third-order valence-corrected chi connectivity index (χ3v) is 5.33. The predicted octanol–water partition coefficient (Wildman–Crippen LogP) is 4.19. The standard InChI is InChI=1S/C22H24N4O/c1-4-21-23-12-16(13-24-21)19-11-18(22(27)26-9-5-6-15(26)3)17-8-7-14(2)10-20(17)25-19/h7-8,10-13,15H,4-6,9H2,1-3H3. The van der Waals surface area contributed by atoms with Gasteiger partial charge in [0.05, 0.1) is 16.8 Å². The third kappa shape index (κ3) is 3.29. The van der Waals surface area contributed by atoms with E-state index in [1.165, 1.54) is 0 Å². The van der Waals surface area contributed by atoms with E-state index in [2.05, 4.69) is 16.9 Å². The molecule has 0 aliphatic carbocycles. The molecule has 5 heteroatoms. The van der Waals surface area contributed by atoms with Crippen LogP contribution in [0.5, 0.6) is 0 Å². The highest BCUT2D eigenvalue weighted by atomic mass is 16.2. The van der Waals surface area contributed by atoms with E-state index in [1.54, 1.807) is 12.4 Å². The van der Waals surface area contributed by atoms with E-state index in [4.69, 9.17) is 4.98 Å². The van der Waals surface area contributed by atoms with Gasteiger partial charge < -0.3 is 4.90 Å². The van der Waals surface area contributed by atoms with Crippen LogP contribution < -0.4 is 0 Å². The fourth-order valence-electron chi connectivity index (χ4n) is 3.72. The SMILES string of the molecule is CCc1ncc(-c2cc(C(=O)N3CCCC3C)c3ccc(C)cc3n2)cn1. The van der Waals surface area contributed by atoms with Crippen LogP contribution in [0.15, 0.2) is 36.7 Å². The van der Waals surface area contributed by atoms with Crippen molar-refractivity contribution < 1.29 is 4.79 Å². The maximum absolute atomic E-state index is 13.3. The molecule has 0 N–H and O–H groups in total. The van der Waals surface area contributed by atoms with Crippen LogP contribution in [0.25, 0.3) is 22.2 Å². The lowest BCUT2D eigenvalue weighted by Crippen LogP contribution is -2.33. The number of carbonyl (C=O) groups excluding carboxylic acids is 1. The molecule has 1 amide bonds. The highest BCUT2D eigenvalue weighted by molar-refractivity contribution is 6.07. The molecule has 4 rings (SSSR count). The molecule has 1 aromatic carbocycles. The number of fused-ring (bicyclic) bond motifs is 1. The first-order valence-corrected chi connectivity index (χ1v) is 9.60. The van der Waals surface area contributed by atoms with Gasteiger partial charge in [-0.05, 0) is 44.4 Å². The van der Waals surface area contributed by atoms with Crippen molar-refractivity contribution in [2.45, 2.75) is 46.1 Å². The van der Waals surface area contributed by atoms with Crippen molar-refractivity contribution in [2.24, 2.45) is 0 Å². The van der Waals surface area contributed by atoms with Gasteiger partial charge in [-0.25, -0.2) is 15.0 Å². The normalized spacial score (nSPS) is 16.9. The van der Waals surface area contributed by atoms with Crippen LogP contribution in [0.2, 0.25) is 0 Å². The molecular weight excluding hydrogens is 336 g/mol. The molecular formula is C22H24N4O. The zero-order chi connectivity index (χ0) is 19.0. The summed E-state index contributed by atoms with van der Waals surface area (Å²) in [6.45, 7) is 7.01. The van der Waals surface area contributed by atoms with Crippen molar-refractivity contribution in [3.63, 3.8) is 0 Å². The smallest absolute Gasteiger partial charge is 0.254 e. The second kappa shape index (κ2) is 7.06. The molecule has 0 radical (unpaired) electrons. The number of aryl methyl sites for hydroxylation is 2. The summed E-state index contributed by atoms with van der Waals surface area (Å²) in [5.41, 5.74) is 4.24. The first kappa shape index (κ1) is 17.6. The molecule has 138 valence electrons. The third-order valence-electron chi connectivity index (χ3n) is 5.33. The number of amides is 1.